The van der Waals surface area contributed by atoms with Crippen molar-refractivity contribution in [1.82, 2.24) is 4.90 Å². The first-order valence-corrected chi connectivity index (χ1v) is 14.2. The van der Waals surface area contributed by atoms with E-state index < -0.39 is 17.8 Å². The molecule has 3 aliphatic carbocycles. The van der Waals surface area contributed by atoms with Crippen LogP contribution in [0.15, 0.2) is 75.1 Å². The molecule has 1 saturated heterocycles. The summed E-state index contributed by atoms with van der Waals surface area (Å²) in [6.45, 7) is 0.312. The van der Waals surface area contributed by atoms with E-state index in [0.717, 1.165) is 16.0 Å². The van der Waals surface area contributed by atoms with E-state index in [4.69, 9.17) is 9.84 Å². The number of ketones is 2. The molecule has 0 bridgehead atoms. The number of Topliss-reactive ketones (excluding diaryl/α,β-unsaturated/α-hetero) is 1. The number of imide groups is 1. The lowest BCUT2D eigenvalue weighted by Crippen LogP contribution is -2.39. The first-order chi connectivity index (χ1) is 18.4. The number of nitrogens with zero attached hydrogens (tertiary/aromatic N) is 1. The van der Waals surface area contributed by atoms with E-state index >= 15 is 0 Å². The summed E-state index contributed by atoms with van der Waals surface area (Å²) in [4.78, 5) is 56.0. The summed E-state index contributed by atoms with van der Waals surface area (Å²) < 4.78 is 5.71. The van der Waals surface area contributed by atoms with E-state index in [1.807, 2.05) is 35.7 Å². The van der Waals surface area contributed by atoms with Gasteiger partial charge in [0, 0.05) is 28.0 Å². The average Bonchev–Trinajstić information content (AvgIpc) is 3.52. The van der Waals surface area contributed by atoms with Gasteiger partial charge in [0.25, 0.3) is 0 Å². The van der Waals surface area contributed by atoms with Crippen LogP contribution in [0.2, 0.25) is 0 Å². The molecule has 1 aromatic heterocycles. The number of hydrogen-bond donors (Lipinski definition) is 1. The number of hydrogen-bond acceptors (Lipinski definition) is 7. The highest BCUT2D eigenvalue weighted by Gasteiger charge is 2.56. The van der Waals surface area contributed by atoms with Crippen molar-refractivity contribution in [3.8, 4) is 5.75 Å². The number of benzene rings is 1. The number of halogens is 1. The summed E-state index contributed by atoms with van der Waals surface area (Å²) in [6.07, 6.45) is 4.00. The minimum absolute atomic E-state index is 0.105. The van der Waals surface area contributed by atoms with E-state index in [2.05, 4.69) is 15.9 Å². The molecule has 0 saturated carbocycles. The van der Waals surface area contributed by atoms with Crippen molar-refractivity contribution in [2.45, 2.75) is 25.3 Å². The van der Waals surface area contributed by atoms with Crippen LogP contribution in [0, 0.1) is 17.8 Å². The summed E-state index contributed by atoms with van der Waals surface area (Å²) >= 11 is 4.76. The predicted octanol–water partition coefficient (Wildman–Crippen LogP) is 4.08. The molecule has 7 nitrogen and oxygen atoms in total. The van der Waals surface area contributed by atoms with Crippen molar-refractivity contribution in [3.05, 3.63) is 85.6 Å². The van der Waals surface area contributed by atoms with Gasteiger partial charge >= 0.3 is 0 Å². The first-order valence-electron chi connectivity index (χ1n) is 12.5. The van der Waals surface area contributed by atoms with Crippen LogP contribution in [-0.2, 0) is 25.7 Å². The molecule has 194 valence electrons. The molecule has 4 aliphatic rings. The third kappa shape index (κ3) is 4.04. The zero-order valence-corrected chi connectivity index (χ0v) is 22.7. The normalized spacial score (nSPS) is 26.6. The van der Waals surface area contributed by atoms with Gasteiger partial charge in [0.1, 0.15) is 12.4 Å². The Hall–Kier alpha value is -3.14. The molecular weight excluding hydrogens is 570 g/mol. The number of fused-ring (bicyclic) bond motifs is 3. The van der Waals surface area contributed by atoms with E-state index in [9.17, 15) is 19.2 Å². The fourth-order valence-electron chi connectivity index (χ4n) is 6.29. The molecule has 1 aromatic carbocycles. The van der Waals surface area contributed by atoms with Gasteiger partial charge in [0.2, 0.25) is 11.8 Å². The van der Waals surface area contributed by atoms with Crippen LogP contribution < -0.4 is 4.74 Å². The molecule has 2 aromatic rings. The molecule has 1 fully saturated rings. The summed E-state index contributed by atoms with van der Waals surface area (Å²) in [5.74, 6) is -2.17. The van der Waals surface area contributed by atoms with Crippen LogP contribution in [0.1, 0.15) is 29.2 Å². The summed E-state index contributed by atoms with van der Waals surface area (Å²) in [5, 5.41) is 11.0. The number of carbonyl (C=O) groups is 4. The Morgan fingerprint density at radius 3 is 2.55 bits per heavy atom. The van der Waals surface area contributed by atoms with Crippen molar-refractivity contribution < 1.29 is 29.0 Å². The number of likely N-dealkylation sites (tertiary alicyclic amines) is 1. The van der Waals surface area contributed by atoms with Gasteiger partial charge in [-0.3, -0.25) is 24.1 Å². The van der Waals surface area contributed by atoms with Gasteiger partial charge in [-0.05, 0) is 63.8 Å². The SMILES string of the molecule is O=C1C=C(Br)C(=O)C2=C1[C@@H](c1ccc(OCCO)cc1)C1=CC[C@@H]3C(=O)N(Cc4cccs4)C(=O)[C@@H]3[C@@H]1C2. The number of rotatable bonds is 6. The zero-order chi connectivity index (χ0) is 26.6. The minimum Gasteiger partial charge on any atom is -0.491 e. The maximum atomic E-state index is 13.7. The quantitative estimate of drug-likeness (QED) is 0.308. The van der Waals surface area contributed by atoms with Crippen LogP contribution in [0.3, 0.4) is 0 Å². The molecule has 9 heteroatoms. The highest BCUT2D eigenvalue weighted by molar-refractivity contribution is 9.12. The number of allylic oxidation sites excluding steroid dienone is 6. The summed E-state index contributed by atoms with van der Waals surface area (Å²) in [5.41, 5.74) is 2.58. The van der Waals surface area contributed by atoms with Crippen LogP contribution in [0.4, 0.5) is 0 Å². The number of carbonyl (C=O) groups excluding carboxylic acids is 4. The third-order valence-corrected chi connectivity index (χ3v) is 9.34. The molecule has 2 amide bonds. The topological polar surface area (TPSA) is 101 Å². The van der Waals surface area contributed by atoms with Gasteiger partial charge in [-0.25, -0.2) is 0 Å². The van der Waals surface area contributed by atoms with Crippen LogP contribution in [0.5, 0.6) is 5.75 Å². The van der Waals surface area contributed by atoms with E-state index in [1.54, 1.807) is 12.1 Å². The lowest BCUT2D eigenvalue weighted by Gasteiger charge is -2.42. The van der Waals surface area contributed by atoms with Crippen LogP contribution >= 0.6 is 27.3 Å². The molecule has 2 heterocycles. The van der Waals surface area contributed by atoms with Crippen LogP contribution in [0.25, 0.3) is 0 Å². The second-order valence-corrected chi connectivity index (χ2v) is 11.8. The standard InChI is InChI=1S/C29H24BrNO6S/c30-22-13-23(33)26-21(27(22)34)12-20-18(24(26)15-3-5-16(6-4-15)37-10-9-32)7-8-19-25(20)29(36)31(28(19)35)14-17-2-1-11-38-17/h1-7,11,13,19-20,24-25,32H,8-10,12,14H2/t19-,20+,24-,25-/m0/s1. The van der Waals surface area contributed by atoms with Gasteiger partial charge in [0.15, 0.2) is 11.6 Å². The molecule has 0 spiro atoms. The van der Waals surface area contributed by atoms with Gasteiger partial charge < -0.3 is 9.84 Å². The number of ether oxygens (including phenoxy) is 1. The Labute approximate surface area is 231 Å². The predicted molar refractivity (Wildman–Crippen MR) is 143 cm³/mol. The number of thiophene rings is 1. The average molecular weight is 594 g/mol. The Morgan fingerprint density at radius 1 is 1.05 bits per heavy atom. The number of amides is 2. The number of aliphatic hydroxyl groups is 1. The molecule has 0 unspecified atom stereocenters. The van der Waals surface area contributed by atoms with Crippen molar-refractivity contribution >= 4 is 50.6 Å². The Balaban J connectivity index is 1.41. The van der Waals surface area contributed by atoms with Gasteiger partial charge in [-0.15, -0.1) is 11.3 Å². The van der Waals surface area contributed by atoms with E-state index in [-0.39, 0.29) is 60.0 Å². The smallest absolute Gasteiger partial charge is 0.234 e. The van der Waals surface area contributed by atoms with Crippen LogP contribution in [-0.4, -0.2) is 46.6 Å². The Kier molecular flexibility index (Phi) is 6.53. The lowest BCUT2D eigenvalue weighted by atomic mass is 9.59. The largest absolute Gasteiger partial charge is 0.491 e. The van der Waals surface area contributed by atoms with Crippen molar-refractivity contribution in [3.63, 3.8) is 0 Å². The molecular formula is C29H24BrNO6S. The molecule has 4 atom stereocenters. The van der Waals surface area contributed by atoms with Gasteiger partial charge in [-0.1, -0.05) is 29.8 Å². The second-order valence-electron chi connectivity index (χ2n) is 9.88. The lowest BCUT2D eigenvalue weighted by molar-refractivity contribution is -0.140. The van der Waals surface area contributed by atoms with Gasteiger partial charge in [0.05, 0.1) is 29.5 Å². The van der Waals surface area contributed by atoms with Crippen molar-refractivity contribution in [2.75, 3.05) is 13.2 Å². The molecule has 1 aliphatic heterocycles. The number of aliphatic hydroxyl groups excluding tert-OH is 1. The van der Waals surface area contributed by atoms with Gasteiger partial charge in [-0.2, -0.15) is 0 Å². The highest BCUT2D eigenvalue weighted by atomic mass is 79.9. The molecule has 38 heavy (non-hydrogen) atoms. The fourth-order valence-corrected chi connectivity index (χ4v) is 7.43. The summed E-state index contributed by atoms with van der Waals surface area (Å²) in [7, 11) is 0. The van der Waals surface area contributed by atoms with Crippen molar-refractivity contribution in [1.29, 1.82) is 0 Å². The minimum atomic E-state index is -0.571. The first kappa shape index (κ1) is 25.2. The van der Waals surface area contributed by atoms with Crippen molar-refractivity contribution in [2.24, 2.45) is 17.8 Å². The fraction of sp³-hybridized carbons (Fsp3) is 0.310. The second kappa shape index (κ2) is 9.87. The maximum Gasteiger partial charge on any atom is 0.234 e. The Bertz CT molecular complexity index is 1440. The highest BCUT2D eigenvalue weighted by Crippen LogP contribution is 2.55. The molecule has 6 rings (SSSR count). The van der Waals surface area contributed by atoms with E-state index in [0.29, 0.717) is 23.3 Å². The monoisotopic (exact) mass is 593 g/mol. The summed E-state index contributed by atoms with van der Waals surface area (Å²) in [6, 6.07) is 11.1. The zero-order valence-electron chi connectivity index (χ0n) is 20.3. The Morgan fingerprint density at radius 2 is 1.84 bits per heavy atom. The molecule has 1 N–H and O–H groups in total. The van der Waals surface area contributed by atoms with E-state index in [1.165, 1.54) is 22.3 Å². The maximum absolute atomic E-state index is 13.7. The third-order valence-electron chi connectivity index (χ3n) is 7.89. The molecule has 0 radical (unpaired) electrons.